The van der Waals surface area contributed by atoms with Crippen molar-refractivity contribution in [2.45, 2.75) is 56.5 Å². The number of aromatic nitrogens is 3. The van der Waals surface area contributed by atoms with Crippen molar-refractivity contribution in [3.05, 3.63) is 36.0 Å². The summed E-state index contributed by atoms with van der Waals surface area (Å²) in [5.74, 6) is -2.26. The lowest BCUT2D eigenvalue weighted by molar-refractivity contribution is -0.349. The van der Waals surface area contributed by atoms with Crippen LogP contribution in [0.15, 0.2) is 29.6 Å². The zero-order valence-corrected chi connectivity index (χ0v) is 17.3. The highest BCUT2D eigenvalue weighted by Crippen LogP contribution is 2.40. The molecule has 2 fully saturated rings. The molecule has 0 amide bonds. The van der Waals surface area contributed by atoms with Crippen molar-refractivity contribution in [3.63, 3.8) is 0 Å². The molecule has 1 aromatic carbocycles. The van der Waals surface area contributed by atoms with Crippen molar-refractivity contribution >= 4 is 6.21 Å². The van der Waals surface area contributed by atoms with Crippen LogP contribution < -0.4 is 0 Å². The molecule has 0 unspecified atom stereocenters. The van der Waals surface area contributed by atoms with Gasteiger partial charge in [-0.05, 0) is 26.0 Å². The van der Waals surface area contributed by atoms with Crippen LogP contribution in [0.2, 0.25) is 0 Å². The molecule has 3 heterocycles. The van der Waals surface area contributed by atoms with E-state index in [-0.39, 0.29) is 18.6 Å². The lowest BCUT2D eigenvalue weighted by Crippen LogP contribution is -2.62. The number of fused-ring (bicyclic) bond motifs is 1. The lowest BCUT2D eigenvalue weighted by Gasteiger charge is -2.50. The van der Waals surface area contributed by atoms with Crippen molar-refractivity contribution in [1.29, 1.82) is 0 Å². The van der Waals surface area contributed by atoms with E-state index in [2.05, 4.69) is 15.5 Å². The lowest BCUT2D eigenvalue weighted by atomic mass is 9.90. The number of ether oxygens (including phenoxy) is 4. The van der Waals surface area contributed by atoms with Gasteiger partial charge < -0.3 is 24.2 Å². The smallest absolute Gasteiger partial charge is 0.163 e. The van der Waals surface area contributed by atoms with Gasteiger partial charge in [-0.15, -0.1) is 10.3 Å². The van der Waals surface area contributed by atoms with Gasteiger partial charge in [0.05, 0.1) is 18.9 Å². The first kappa shape index (κ1) is 21.8. The van der Waals surface area contributed by atoms with E-state index >= 15 is 0 Å². The molecule has 2 aliphatic rings. The van der Waals surface area contributed by atoms with Crippen LogP contribution in [0.5, 0.6) is 0 Å². The number of nitrogens with zero attached hydrogens (tertiary/aromatic N) is 4. The number of benzene rings is 1. The number of oxime groups is 1. The van der Waals surface area contributed by atoms with E-state index in [0.717, 1.165) is 6.07 Å². The van der Waals surface area contributed by atoms with Gasteiger partial charge in [-0.2, -0.15) is 0 Å². The summed E-state index contributed by atoms with van der Waals surface area (Å²) in [6, 6.07) is 2.69. The Balaban J connectivity index is 1.72. The molecule has 0 bridgehead atoms. The molecule has 4 rings (SSSR count). The number of halogens is 2. The highest BCUT2D eigenvalue weighted by molar-refractivity contribution is 5.58. The molecule has 31 heavy (non-hydrogen) atoms. The number of rotatable bonds is 5. The van der Waals surface area contributed by atoms with Crippen LogP contribution in [0.4, 0.5) is 8.78 Å². The first-order valence-corrected chi connectivity index (χ1v) is 9.85. The molecule has 11 heteroatoms. The maximum absolute atomic E-state index is 13.7. The van der Waals surface area contributed by atoms with Gasteiger partial charge in [0.1, 0.15) is 41.7 Å². The van der Waals surface area contributed by atoms with Crippen LogP contribution in [0.1, 0.15) is 26.3 Å². The standard InChI is InChI=1S/C20H24F2N4O5/c1-20(2)29-10-16-19(31-20)17(18(28-3)15(30-16)4-5-23-27)26-9-14(24-25-26)11-6-12(21)8-13(22)7-11/h5-9,15-19,27H,4,10H2,1-3H3/t15-,16-,17-,18+,19+/m1/s1. The Labute approximate surface area is 177 Å². The van der Waals surface area contributed by atoms with E-state index in [4.69, 9.17) is 24.2 Å². The van der Waals surface area contributed by atoms with Crippen molar-refractivity contribution in [1.82, 2.24) is 15.0 Å². The summed E-state index contributed by atoms with van der Waals surface area (Å²) in [6.45, 7) is 3.89. The second-order valence-electron chi connectivity index (χ2n) is 7.97. The molecular weight excluding hydrogens is 414 g/mol. The Kier molecular flexibility index (Phi) is 6.02. The van der Waals surface area contributed by atoms with Crippen LogP contribution in [0.3, 0.4) is 0 Å². The number of hydrogen-bond donors (Lipinski definition) is 1. The average Bonchev–Trinajstić information content (AvgIpc) is 3.20. The Morgan fingerprint density at radius 2 is 2.06 bits per heavy atom. The summed E-state index contributed by atoms with van der Waals surface area (Å²) in [7, 11) is 1.54. The molecule has 2 aromatic rings. The number of hydrogen-bond acceptors (Lipinski definition) is 8. The topological polar surface area (TPSA) is 100 Å². The van der Waals surface area contributed by atoms with Crippen molar-refractivity contribution in [3.8, 4) is 11.3 Å². The molecule has 0 saturated carbocycles. The summed E-state index contributed by atoms with van der Waals surface area (Å²) >= 11 is 0. The van der Waals surface area contributed by atoms with E-state index in [1.165, 1.54) is 25.5 Å². The zero-order chi connectivity index (χ0) is 22.2. The van der Waals surface area contributed by atoms with Gasteiger partial charge in [-0.1, -0.05) is 5.21 Å². The van der Waals surface area contributed by atoms with Gasteiger partial charge in [0, 0.05) is 31.4 Å². The fourth-order valence-electron chi connectivity index (χ4n) is 4.12. The summed E-state index contributed by atoms with van der Waals surface area (Å²) in [5, 5.41) is 20.2. The third-order valence-electron chi connectivity index (χ3n) is 5.44. The third kappa shape index (κ3) is 4.45. The molecule has 0 aliphatic carbocycles. The van der Waals surface area contributed by atoms with Crippen molar-refractivity contribution in [2.24, 2.45) is 5.16 Å². The van der Waals surface area contributed by atoms with Crippen LogP contribution in [0.25, 0.3) is 11.3 Å². The maximum Gasteiger partial charge on any atom is 0.163 e. The summed E-state index contributed by atoms with van der Waals surface area (Å²) in [5.41, 5.74) is 0.564. The molecule has 1 aromatic heterocycles. The monoisotopic (exact) mass is 438 g/mol. The van der Waals surface area contributed by atoms with Crippen LogP contribution in [0, 0.1) is 11.6 Å². The molecule has 5 atom stereocenters. The SMILES string of the molecule is CO[C@@H]1[C@@H](n2cc(-c3cc(F)cc(F)c3)nn2)[C@H]2OC(C)(C)OC[C@H]2O[C@@H]1CC=NO. The van der Waals surface area contributed by atoms with Gasteiger partial charge in [0.2, 0.25) is 0 Å². The quantitative estimate of drug-likeness (QED) is 0.435. The normalized spacial score (nSPS) is 30.4. The van der Waals surface area contributed by atoms with Crippen LogP contribution in [-0.2, 0) is 18.9 Å². The fourth-order valence-corrected chi connectivity index (χ4v) is 4.12. The van der Waals surface area contributed by atoms with E-state index in [1.54, 1.807) is 24.7 Å². The Bertz CT molecular complexity index is 933. The van der Waals surface area contributed by atoms with E-state index in [1.807, 2.05) is 0 Å². The van der Waals surface area contributed by atoms with Crippen molar-refractivity contribution in [2.75, 3.05) is 13.7 Å². The second kappa shape index (κ2) is 8.58. The fraction of sp³-hybridized carbons (Fsp3) is 0.550. The molecule has 2 aliphatic heterocycles. The predicted molar refractivity (Wildman–Crippen MR) is 104 cm³/mol. The largest absolute Gasteiger partial charge is 0.411 e. The summed E-state index contributed by atoms with van der Waals surface area (Å²) in [6.07, 6.45) is 1.28. The minimum atomic E-state index is -0.852. The van der Waals surface area contributed by atoms with E-state index in [9.17, 15) is 8.78 Å². The minimum absolute atomic E-state index is 0.263. The predicted octanol–water partition coefficient (Wildman–Crippen LogP) is 2.55. The van der Waals surface area contributed by atoms with Crippen LogP contribution in [-0.4, -0.2) is 70.3 Å². The highest BCUT2D eigenvalue weighted by atomic mass is 19.1. The average molecular weight is 438 g/mol. The summed E-state index contributed by atoms with van der Waals surface area (Å²) < 4.78 is 52.7. The minimum Gasteiger partial charge on any atom is -0.411 e. The molecule has 0 spiro atoms. The Hall–Kier alpha value is -2.47. The highest BCUT2D eigenvalue weighted by Gasteiger charge is 2.52. The second-order valence-corrected chi connectivity index (χ2v) is 7.97. The van der Waals surface area contributed by atoms with Gasteiger partial charge >= 0.3 is 0 Å². The first-order chi connectivity index (χ1) is 14.8. The maximum atomic E-state index is 13.7. The molecule has 2 saturated heterocycles. The third-order valence-corrected chi connectivity index (χ3v) is 5.44. The van der Waals surface area contributed by atoms with E-state index in [0.29, 0.717) is 5.69 Å². The number of methoxy groups -OCH3 is 1. The molecular formula is C20H24F2N4O5. The zero-order valence-electron chi connectivity index (χ0n) is 17.3. The van der Waals surface area contributed by atoms with Crippen LogP contribution >= 0.6 is 0 Å². The molecule has 168 valence electrons. The molecule has 9 nitrogen and oxygen atoms in total. The molecule has 1 N–H and O–H groups in total. The van der Waals surface area contributed by atoms with Gasteiger partial charge in [-0.3, -0.25) is 0 Å². The Morgan fingerprint density at radius 1 is 1.32 bits per heavy atom. The van der Waals surface area contributed by atoms with Gasteiger partial charge in [-0.25, -0.2) is 13.5 Å². The first-order valence-electron chi connectivity index (χ1n) is 9.85. The Morgan fingerprint density at radius 3 is 2.74 bits per heavy atom. The molecule has 0 radical (unpaired) electrons. The summed E-state index contributed by atoms with van der Waals surface area (Å²) in [4.78, 5) is 0. The van der Waals surface area contributed by atoms with Gasteiger partial charge in [0.15, 0.2) is 5.79 Å². The van der Waals surface area contributed by atoms with E-state index < -0.39 is 47.9 Å². The van der Waals surface area contributed by atoms with Gasteiger partial charge in [0.25, 0.3) is 0 Å². The van der Waals surface area contributed by atoms with Crippen molar-refractivity contribution < 1.29 is 32.9 Å².